The number of sulfonamides is 1. The van der Waals surface area contributed by atoms with E-state index in [0.717, 1.165) is 36.0 Å². The summed E-state index contributed by atoms with van der Waals surface area (Å²) >= 11 is 1.36. The molecule has 0 atom stereocenters. The molecular formula is C25H25N3O3S2. The van der Waals surface area contributed by atoms with Gasteiger partial charge in [-0.1, -0.05) is 79.7 Å². The van der Waals surface area contributed by atoms with Crippen LogP contribution in [-0.2, 0) is 16.6 Å². The Bertz CT molecular complexity index is 1380. The zero-order valence-electron chi connectivity index (χ0n) is 18.3. The second-order valence-electron chi connectivity index (χ2n) is 7.75. The molecule has 6 nitrogen and oxygen atoms in total. The van der Waals surface area contributed by atoms with Crippen LogP contribution >= 0.6 is 11.8 Å². The van der Waals surface area contributed by atoms with Crippen LogP contribution in [0, 0.1) is 0 Å². The summed E-state index contributed by atoms with van der Waals surface area (Å²) in [7, 11) is -3.81. The van der Waals surface area contributed by atoms with Crippen molar-refractivity contribution in [1.29, 1.82) is 0 Å². The molecule has 0 bridgehead atoms. The maximum absolute atomic E-state index is 12.8. The Kier molecular flexibility index (Phi) is 6.97. The van der Waals surface area contributed by atoms with Crippen LogP contribution in [0.25, 0.3) is 22.2 Å². The van der Waals surface area contributed by atoms with E-state index in [1.807, 2.05) is 59.2 Å². The maximum atomic E-state index is 12.8. The number of carbonyl (C=O) groups excluding carboxylic acids is 1. The van der Waals surface area contributed by atoms with E-state index in [0.29, 0.717) is 16.2 Å². The smallest absolute Gasteiger partial charge is 0.238 e. The molecule has 3 aromatic carbocycles. The first-order chi connectivity index (χ1) is 15.9. The van der Waals surface area contributed by atoms with E-state index in [1.54, 1.807) is 6.07 Å². The molecule has 4 rings (SSSR count). The van der Waals surface area contributed by atoms with Gasteiger partial charge in [0, 0.05) is 12.1 Å². The van der Waals surface area contributed by atoms with Gasteiger partial charge in [0.1, 0.15) is 0 Å². The number of unbranched alkanes of at least 4 members (excludes halogenated alkanes) is 1. The Balaban J connectivity index is 1.54. The van der Waals surface area contributed by atoms with Crippen molar-refractivity contribution < 1.29 is 13.2 Å². The van der Waals surface area contributed by atoms with Crippen LogP contribution in [0.1, 0.15) is 30.1 Å². The average Bonchev–Trinajstić information content (AvgIpc) is 3.18. The van der Waals surface area contributed by atoms with Gasteiger partial charge >= 0.3 is 0 Å². The predicted octanol–water partition coefficient (Wildman–Crippen LogP) is 5.13. The van der Waals surface area contributed by atoms with Crippen LogP contribution in [0.5, 0.6) is 0 Å². The normalized spacial score (nSPS) is 11.7. The summed E-state index contributed by atoms with van der Waals surface area (Å²) in [6.45, 7) is 2.84. The minimum Gasteiger partial charge on any atom is -0.319 e. The van der Waals surface area contributed by atoms with Crippen LogP contribution in [0.3, 0.4) is 0 Å². The number of aryl methyl sites for hydroxylation is 1. The van der Waals surface area contributed by atoms with Gasteiger partial charge in [-0.3, -0.25) is 4.79 Å². The second kappa shape index (κ2) is 9.91. The van der Waals surface area contributed by atoms with Crippen molar-refractivity contribution in [3.63, 3.8) is 0 Å². The van der Waals surface area contributed by atoms with Crippen LogP contribution in [0.4, 0.5) is 0 Å². The standard InChI is InChI=1S/C25H25N3O3S2/c1-2-3-15-28-23-14-13-21(33(26,30)31)16-22(23)27-25(28)32-17-24(29)20-11-9-19(10-12-20)18-7-5-4-6-8-18/h4-14,16H,2-3,15,17H2,1H3,(H2,26,30,31). The Morgan fingerprint density at radius 1 is 1.00 bits per heavy atom. The lowest BCUT2D eigenvalue weighted by molar-refractivity contribution is 0.102. The van der Waals surface area contributed by atoms with E-state index >= 15 is 0 Å². The molecule has 1 heterocycles. The van der Waals surface area contributed by atoms with Gasteiger partial charge in [0.15, 0.2) is 10.9 Å². The summed E-state index contributed by atoms with van der Waals surface area (Å²) in [4.78, 5) is 17.5. The molecule has 2 N–H and O–H groups in total. The third kappa shape index (κ3) is 5.35. The Morgan fingerprint density at radius 3 is 2.36 bits per heavy atom. The molecule has 4 aromatic rings. The Hall–Kier alpha value is -2.94. The van der Waals surface area contributed by atoms with Crippen molar-refractivity contribution in [2.75, 3.05) is 5.75 Å². The summed E-state index contributed by atoms with van der Waals surface area (Å²) in [6, 6.07) is 22.3. The number of Topliss-reactive ketones (excluding diaryl/α,β-unsaturated/α-hetero) is 1. The van der Waals surface area contributed by atoms with Crippen LogP contribution in [-0.4, -0.2) is 29.5 Å². The average molecular weight is 480 g/mol. The number of nitrogens with two attached hydrogens (primary N) is 1. The van der Waals surface area contributed by atoms with Crippen LogP contribution < -0.4 is 5.14 Å². The first-order valence-electron chi connectivity index (χ1n) is 10.7. The SMILES string of the molecule is CCCCn1c(SCC(=O)c2ccc(-c3ccccc3)cc2)nc2cc(S(N)(=O)=O)ccc21. The highest BCUT2D eigenvalue weighted by atomic mass is 32.2. The summed E-state index contributed by atoms with van der Waals surface area (Å²) in [5, 5.41) is 5.96. The highest BCUT2D eigenvalue weighted by Crippen LogP contribution is 2.27. The number of ketones is 1. The van der Waals surface area contributed by atoms with Crippen molar-refractivity contribution in [1.82, 2.24) is 9.55 Å². The molecule has 0 aliphatic heterocycles. The molecule has 8 heteroatoms. The molecule has 0 fully saturated rings. The van der Waals surface area contributed by atoms with E-state index in [9.17, 15) is 13.2 Å². The minimum atomic E-state index is -3.81. The lowest BCUT2D eigenvalue weighted by Gasteiger charge is -2.08. The fourth-order valence-electron chi connectivity index (χ4n) is 3.60. The number of primary sulfonamides is 1. The molecule has 0 unspecified atom stereocenters. The number of carbonyl (C=O) groups is 1. The molecule has 0 spiro atoms. The van der Waals surface area contributed by atoms with E-state index in [4.69, 9.17) is 5.14 Å². The molecule has 0 aliphatic carbocycles. The van der Waals surface area contributed by atoms with Gasteiger partial charge in [-0.15, -0.1) is 0 Å². The van der Waals surface area contributed by atoms with Gasteiger partial charge in [-0.25, -0.2) is 18.5 Å². The maximum Gasteiger partial charge on any atom is 0.238 e. The zero-order chi connectivity index (χ0) is 23.4. The lowest BCUT2D eigenvalue weighted by Crippen LogP contribution is -2.11. The predicted molar refractivity (Wildman–Crippen MR) is 133 cm³/mol. The second-order valence-corrected chi connectivity index (χ2v) is 10.3. The third-order valence-corrected chi connectivity index (χ3v) is 7.28. The van der Waals surface area contributed by atoms with E-state index < -0.39 is 10.0 Å². The van der Waals surface area contributed by atoms with Crippen molar-refractivity contribution in [2.24, 2.45) is 5.14 Å². The summed E-state index contributed by atoms with van der Waals surface area (Å²) in [6.07, 6.45) is 1.95. The Labute approximate surface area is 197 Å². The highest BCUT2D eigenvalue weighted by molar-refractivity contribution is 7.99. The molecule has 0 saturated heterocycles. The number of hydrogen-bond donors (Lipinski definition) is 1. The zero-order valence-corrected chi connectivity index (χ0v) is 19.9. The Morgan fingerprint density at radius 2 is 1.70 bits per heavy atom. The number of benzene rings is 3. The lowest BCUT2D eigenvalue weighted by atomic mass is 10.0. The van der Waals surface area contributed by atoms with Gasteiger partial charge in [0.05, 0.1) is 21.7 Å². The number of imidazole rings is 1. The number of nitrogens with zero attached hydrogens (tertiary/aromatic N) is 2. The van der Waals surface area contributed by atoms with Gasteiger partial charge < -0.3 is 4.57 Å². The van der Waals surface area contributed by atoms with Gasteiger partial charge in [0.2, 0.25) is 10.0 Å². The molecular weight excluding hydrogens is 454 g/mol. The van der Waals surface area contributed by atoms with Crippen molar-refractivity contribution in [3.8, 4) is 11.1 Å². The molecule has 0 radical (unpaired) electrons. The number of aromatic nitrogens is 2. The largest absolute Gasteiger partial charge is 0.319 e. The van der Waals surface area contributed by atoms with Crippen molar-refractivity contribution in [2.45, 2.75) is 36.4 Å². The van der Waals surface area contributed by atoms with Crippen molar-refractivity contribution in [3.05, 3.63) is 78.4 Å². The fraction of sp³-hybridized carbons (Fsp3) is 0.200. The van der Waals surface area contributed by atoms with Gasteiger partial charge in [-0.2, -0.15) is 0 Å². The molecule has 0 amide bonds. The monoisotopic (exact) mass is 479 g/mol. The van der Waals surface area contributed by atoms with Gasteiger partial charge in [-0.05, 0) is 35.7 Å². The van der Waals surface area contributed by atoms with Crippen LogP contribution in [0.2, 0.25) is 0 Å². The van der Waals surface area contributed by atoms with Gasteiger partial charge in [0.25, 0.3) is 0 Å². The molecule has 170 valence electrons. The van der Waals surface area contributed by atoms with Crippen molar-refractivity contribution >= 4 is 38.6 Å². The summed E-state index contributed by atoms with van der Waals surface area (Å²) in [5.74, 6) is 0.251. The number of thioether (sulfide) groups is 1. The summed E-state index contributed by atoms with van der Waals surface area (Å²) in [5.41, 5.74) is 4.20. The third-order valence-electron chi connectivity index (χ3n) is 5.39. The van der Waals surface area contributed by atoms with E-state index in [1.165, 1.54) is 23.9 Å². The first-order valence-corrected chi connectivity index (χ1v) is 13.2. The summed E-state index contributed by atoms with van der Waals surface area (Å²) < 4.78 is 25.5. The molecule has 33 heavy (non-hydrogen) atoms. The van der Waals surface area contributed by atoms with E-state index in [-0.39, 0.29) is 16.4 Å². The molecule has 0 aliphatic rings. The number of fused-ring (bicyclic) bond motifs is 1. The topological polar surface area (TPSA) is 95.0 Å². The number of hydrogen-bond acceptors (Lipinski definition) is 5. The minimum absolute atomic E-state index is 0.0129. The van der Waals surface area contributed by atoms with E-state index in [2.05, 4.69) is 11.9 Å². The number of rotatable bonds is 9. The fourth-order valence-corrected chi connectivity index (χ4v) is 5.07. The molecule has 1 aromatic heterocycles. The molecule has 0 saturated carbocycles. The quantitative estimate of drug-likeness (QED) is 0.265. The van der Waals surface area contributed by atoms with Crippen LogP contribution in [0.15, 0.2) is 82.8 Å². The highest BCUT2D eigenvalue weighted by Gasteiger charge is 2.16. The first kappa shape index (κ1) is 23.2.